The number of carbonyl (C=O) groups is 1. The van der Waals surface area contributed by atoms with Gasteiger partial charge in [0.1, 0.15) is 5.75 Å². The van der Waals surface area contributed by atoms with Gasteiger partial charge >= 0.3 is 0 Å². The molecule has 2 N–H and O–H groups in total. The van der Waals surface area contributed by atoms with Crippen molar-refractivity contribution < 1.29 is 9.53 Å². The van der Waals surface area contributed by atoms with Gasteiger partial charge in [-0.25, -0.2) is 0 Å². The molecule has 0 aromatic heterocycles. The van der Waals surface area contributed by atoms with Gasteiger partial charge in [0, 0.05) is 37.3 Å². The fraction of sp³-hybridized carbons (Fsp3) is 0.409. The minimum Gasteiger partial charge on any atom is -0.497 e. The third kappa shape index (κ3) is 4.17. The number of aryl methyl sites for hydroxylation is 1. The molecule has 2 atom stereocenters. The predicted octanol–water partition coefficient (Wildman–Crippen LogP) is 2.82. The number of nitrogens with zero attached hydrogens (tertiary/aromatic N) is 2. The first kappa shape index (κ1) is 20.6. The molecule has 4 rings (SSSR count). The number of hydrogen-bond acceptors (Lipinski definition) is 4. The fourth-order valence-electron chi connectivity index (χ4n) is 4.33. The molecule has 2 aliphatic rings. The van der Waals surface area contributed by atoms with Crippen LogP contribution in [-0.4, -0.2) is 50.1 Å². The number of amides is 1. The Labute approximate surface area is 172 Å². The first-order valence-electron chi connectivity index (χ1n) is 9.66. The van der Waals surface area contributed by atoms with Crippen LogP contribution < -0.4 is 15.4 Å². The minimum atomic E-state index is 0. The van der Waals surface area contributed by atoms with E-state index < -0.39 is 0 Å². The van der Waals surface area contributed by atoms with Gasteiger partial charge in [0.15, 0.2) is 0 Å². The molecule has 0 unspecified atom stereocenters. The highest BCUT2D eigenvalue weighted by atomic mass is 35.5. The lowest BCUT2D eigenvalue weighted by Crippen LogP contribution is -2.42. The van der Waals surface area contributed by atoms with Gasteiger partial charge in [0.25, 0.3) is 0 Å². The topological polar surface area (TPSA) is 58.8 Å². The Bertz CT molecular complexity index is 815. The summed E-state index contributed by atoms with van der Waals surface area (Å²) in [6, 6.07) is 16.4. The summed E-state index contributed by atoms with van der Waals surface area (Å²) in [5.74, 6) is 1.29. The Hall–Kier alpha value is -2.08. The van der Waals surface area contributed by atoms with Crippen molar-refractivity contribution in [1.82, 2.24) is 4.90 Å². The van der Waals surface area contributed by atoms with Gasteiger partial charge in [-0.05, 0) is 42.2 Å². The minimum absolute atomic E-state index is 0. The van der Waals surface area contributed by atoms with Crippen LogP contribution in [0.5, 0.6) is 5.75 Å². The lowest BCUT2D eigenvalue weighted by molar-refractivity contribution is -0.119. The number of rotatable bonds is 4. The van der Waals surface area contributed by atoms with E-state index in [1.54, 1.807) is 7.11 Å². The zero-order chi connectivity index (χ0) is 18.8. The smallest absolute Gasteiger partial charge is 0.241 e. The van der Waals surface area contributed by atoms with E-state index in [-0.39, 0.29) is 30.3 Å². The Kier molecular flexibility index (Phi) is 6.60. The van der Waals surface area contributed by atoms with Crippen molar-refractivity contribution in [3.8, 4) is 5.75 Å². The molecule has 0 spiro atoms. The second kappa shape index (κ2) is 8.95. The number of fused-ring (bicyclic) bond motifs is 1. The number of halogens is 1. The highest BCUT2D eigenvalue weighted by Crippen LogP contribution is 2.31. The van der Waals surface area contributed by atoms with Crippen molar-refractivity contribution in [3.63, 3.8) is 0 Å². The molecule has 5 nitrogen and oxygen atoms in total. The second-order valence-corrected chi connectivity index (χ2v) is 7.52. The van der Waals surface area contributed by atoms with Gasteiger partial charge in [-0.15, -0.1) is 12.4 Å². The van der Waals surface area contributed by atoms with E-state index in [4.69, 9.17) is 10.5 Å². The monoisotopic (exact) mass is 401 g/mol. The van der Waals surface area contributed by atoms with Crippen LogP contribution in [0.2, 0.25) is 0 Å². The van der Waals surface area contributed by atoms with Gasteiger partial charge in [-0.2, -0.15) is 0 Å². The summed E-state index contributed by atoms with van der Waals surface area (Å²) in [6.45, 7) is 2.79. The molecule has 6 heteroatoms. The van der Waals surface area contributed by atoms with E-state index in [1.807, 2.05) is 29.2 Å². The van der Waals surface area contributed by atoms with Gasteiger partial charge in [-0.1, -0.05) is 30.3 Å². The van der Waals surface area contributed by atoms with Crippen LogP contribution in [0.1, 0.15) is 23.5 Å². The quantitative estimate of drug-likeness (QED) is 0.855. The van der Waals surface area contributed by atoms with Crippen molar-refractivity contribution in [2.24, 2.45) is 5.73 Å². The molecule has 2 heterocycles. The third-order valence-electron chi connectivity index (χ3n) is 5.73. The molecule has 0 saturated carbocycles. The molecule has 0 radical (unpaired) electrons. The molecule has 1 amide bonds. The van der Waals surface area contributed by atoms with Crippen molar-refractivity contribution >= 4 is 24.0 Å². The summed E-state index contributed by atoms with van der Waals surface area (Å²) in [6.07, 6.45) is 1.97. The Morgan fingerprint density at radius 1 is 1.18 bits per heavy atom. The first-order chi connectivity index (χ1) is 13.2. The van der Waals surface area contributed by atoms with Crippen LogP contribution >= 0.6 is 12.4 Å². The van der Waals surface area contributed by atoms with Crippen LogP contribution in [0.3, 0.4) is 0 Å². The molecule has 2 aromatic rings. The van der Waals surface area contributed by atoms with Gasteiger partial charge in [0.2, 0.25) is 5.91 Å². The molecule has 0 aliphatic carbocycles. The fourth-order valence-corrected chi connectivity index (χ4v) is 4.33. The largest absolute Gasteiger partial charge is 0.497 e. The number of ether oxygens (including phenoxy) is 1. The predicted molar refractivity (Wildman–Crippen MR) is 115 cm³/mol. The number of carbonyl (C=O) groups excluding carboxylic acids is 1. The van der Waals surface area contributed by atoms with Crippen molar-refractivity contribution in [3.05, 3.63) is 59.7 Å². The summed E-state index contributed by atoms with van der Waals surface area (Å²) in [5.41, 5.74) is 9.86. The molecule has 28 heavy (non-hydrogen) atoms. The zero-order valence-electron chi connectivity index (χ0n) is 16.2. The molecule has 1 fully saturated rings. The van der Waals surface area contributed by atoms with E-state index in [9.17, 15) is 4.79 Å². The van der Waals surface area contributed by atoms with Crippen LogP contribution in [0.4, 0.5) is 5.69 Å². The SMILES string of the molecule is COc1ccc2c(c1)CCCN2C(=O)CN1C[C@@H](N)[C@H](c2ccccc2)C1.Cl. The zero-order valence-corrected chi connectivity index (χ0v) is 17.0. The Balaban J connectivity index is 0.00000225. The number of likely N-dealkylation sites (tertiary alicyclic amines) is 1. The molecule has 2 aliphatic heterocycles. The lowest BCUT2D eigenvalue weighted by Gasteiger charge is -2.31. The summed E-state index contributed by atoms with van der Waals surface area (Å²) in [5, 5.41) is 0. The van der Waals surface area contributed by atoms with Crippen molar-refractivity contribution in [1.29, 1.82) is 0 Å². The highest BCUT2D eigenvalue weighted by molar-refractivity contribution is 5.96. The van der Waals surface area contributed by atoms with E-state index in [1.165, 1.54) is 11.1 Å². The number of benzene rings is 2. The standard InChI is InChI=1S/C22H27N3O2.ClH/c1-27-18-9-10-21-17(12-18)8-5-11-25(21)22(26)15-24-13-19(20(23)14-24)16-6-3-2-4-7-16;/h2-4,6-7,9-10,12,19-20H,5,8,11,13-15,23H2,1H3;1H/t19-,20+;/m0./s1. The maximum Gasteiger partial charge on any atom is 0.241 e. The van der Waals surface area contributed by atoms with Crippen LogP contribution in [0, 0.1) is 0 Å². The van der Waals surface area contributed by atoms with Crippen molar-refractivity contribution in [2.75, 3.05) is 38.2 Å². The third-order valence-corrected chi connectivity index (χ3v) is 5.73. The first-order valence-corrected chi connectivity index (χ1v) is 9.66. The highest BCUT2D eigenvalue weighted by Gasteiger charge is 2.33. The molecule has 2 aromatic carbocycles. The normalized spacial score (nSPS) is 21.7. The van der Waals surface area contributed by atoms with Gasteiger partial charge < -0.3 is 15.4 Å². The van der Waals surface area contributed by atoms with E-state index in [0.29, 0.717) is 6.54 Å². The van der Waals surface area contributed by atoms with Crippen LogP contribution in [-0.2, 0) is 11.2 Å². The number of hydrogen-bond donors (Lipinski definition) is 1. The van der Waals surface area contributed by atoms with Crippen LogP contribution in [0.15, 0.2) is 48.5 Å². The molecule has 0 bridgehead atoms. The summed E-state index contributed by atoms with van der Waals surface area (Å²) < 4.78 is 5.32. The van der Waals surface area contributed by atoms with Gasteiger partial charge in [-0.3, -0.25) is 9.69 Å². The summed E-state index contributed by atoms with van der Waals surface area (Å²) in [4.78, 5) is 17.2. The average molecular weight is 402 g/mol. The van der Waals surface area contributed by atoms with Crippen LogP contribution in [0.25, 0.3) is 0 Å². The van der Waals surface area contributed by atoms with E-state index in [2.05, 4.69) is 29.2 Å². The Morgan fingerprint density at radius 3 is 2.71 bits per heavy atom. The molecule has 1 saturated heterocycles. The molecule has 150 valence electrons. The summed E-state index contributed by atoms with van der Waals surface area (Å²) in [7, 11) is 1.67. The average Bonchev–Trinajstić information content (AvgIpc) is 3.07. The molecular formula is C22H28ClN3O2. The maximum atomic E-state index is 13.0. The Morgan fingerprint density at radius 2 is 1.96 bits per heavy atom. The lowest BCUT2D eigenvalue weighted by atomic mass is 9.95. The molecular weight excluding hydrogens is 374 g/mol. The number of anilines is 1. The second-order valence-electron chi connectivity index (χ2n) is 7.52. The number of methoxy groups -OCH3 is 1. The summed E-state index contributed by atoms with van der Waals surface area (Å²) >= 11 is 0. The van der Waals surface area contributed by atoms with E-state index >= 15 is 0 Å². The van der Waals surface area contributed by atoms with Gasteiger partial charge in [0.05, 0.1) is 13.7 Å². The van der Waals surface area contributed by atoms with E-state index in [0.717, 1.165) is 43.9 Å². The number of nitrogens with two attached hydrogens (primary N) is 1. The maximum absolute atomic E-state index is 13.0. The van der Waals surface area contributed by atoms with Crippen molar-refractivity contribution in [2.45, 2.75) is 24.8 Å².